The van der Waals surface area contributed by atoms with E-state index in [-0.39, 0.29) is 11.3 Å². The molecule has 6 aliphatic carbocycles. The number of rotatable bonds is 2. The van der Waals surface area contributed by atoms with Crippen molar-refractivity contribution in [2.45, 2.75) is 51.9 Å². The Balaban J connectivity index is 1.38. The lowest BCUT2D eigenvalue weighted by molar-refractivity contribution is -0.143. The first-order chi connectivity index (χ1) is 11.0. The van der Waals surface area contributed by atoms with E-state index in [0.29, 0.717) is 11.3 Å². The van der Waals surface area contributed by atoms with E-state index in [9.17, 15) is 9.90 Å². The van der Waals surface area contributed by atoms with Crippen LogP contribution in [0.25, 0.3) is 0 Å². The number of carbonyl (C=O) groups is 1. The summed E-state index contributed by atoms with van der Waals surface area (Å²) in [6.07, 6.45) is 14.2. The summed E-state index contributed by atoms with van der Waals surface area (Å²) >= 11 is 0. The van der Waals surface area contributed by atoms with Gasteiger partial charge in [-0.2, -0.15) is 0 Å². The molecule has 0 spiro atoms. The zero-order valence-electron chi connectivity index (χ0n) is 14.1. The lowest BCUT2D eigenvalue weighted by Gasteiger charge is -2.53. The van der Waals surface area contributed by atoms with Gasteiger partial charge in [-0.1, -0.05) is 19.1 Å². The van der Waals surface area contributed by atoms with Crippen molar-refractivity contribution in [1.82, 2.24) is 0 Å². The Hall–Kier alpha value is -0.790. The Bertz CT molecular complexity index is 623. The van der Waals surface area contributed by atoms with Crippen LogP contribution in [0.15, 0.2) is 12.2 Å². The summed E-state index contributed by atoms with van der Waals surface area (Å²) in [5.41, 5.74) is 0.603. The van der Waals surface area contributed by atoms with Crippen LogP contribution in [-0.2, 0) is 4.79 Å². The Kier molecular flexibility index (Phi) is 2.28. The molecule has 6 bridgehead atoms. The molecule has 0 aromatic heterocycles. The Morgan fingerprint density at radius 3 is 2.57 bits per heavy atom. The van der Waals surface area contributed by atoms with Crippen molar-refractivity contribution in [2.75, 3.05) is 0 Å². The van der Waals surface area contributed by atoms with Crippen molar-refractivity contribution < 1.29 is 9.90 Å². The van der Waals surface area contributed by atoms with E-state index in [2.05, 4.69) is 19.1 Å². The van der Waals surface area contributed by atoms with Crippen LogP contribution in [0.5, 0.6) is 0 Å². The maximum absolute atomic E-state index is 11.7. The smallest absolute Gasteiger partial charge is 0.307 e. The average molecular weight is 312 g/mol. The van der Waals surface area contributed by atoms with E-state index in [4.69, 9.17) is 0 Å². The molecule has 1 N–H and O–H groups in total. The molecule has 6 rings (SSSR count). The summed E-state index contributed by atoms with van der Waals surface area (Å²) in [6.45, 7) is 2.57. The number of carboxylic acid groups (broad SMARTS) is 1. The highest BCUT2D eigenvalue weighted by molar-refractivity contribution is 5.72. The largest absolute Gasteiger partial charge is 0.481 e. The van der Waals surface area contributed by atoms with Gasteiger partial charge in [-0.25, -0.2) is 0 Å². The van der Waals surface area contributed by atoms with Gasteiger partial charge in [0, 0.05) is 0 Å². The maximum atomic E-state index is 11.7. The first kappa shape index (κ1) is 13.5. The molecule has 5 saturated carbocycles. The van der Waals surface area contributed by atoms with Gasteiger partial charge in [0.05, 0.1) is 5.92 Å². The molecular weight excluding hydrogens is 284 g/mol. The minimum atomic E-state index is -0.550. The second-order valence-electron chi connectivity index (χ2n) is 10.2. The second-order valence-corrected chi connectivity index (χ2v) is 10.2. The van der Waals surface area contributed by atoms with Crippen LogP contribution in [0.2, 0.25) is 0 Å². The molecular formula is C21H28O2. The summed E-state index contributed by atoms with van der Waals surface area (Å²) in [4.78, 5) is 11.7. The van der Waals surface area contributed by atoms with Crippen LogP contribution < -0.4 is 0 Å². The fourth-order valence-electron chi connectivity index (χ4n) is 9.25. The standard InChI is InChI=1S/C21H28O2/c1-20(21-5-4-13(9-21)15(10-21)19(22)23)8-14-7-16(20)18-12-3-2-11(6-12)17(14)18/h4-5,11-18H,2-3,6-10H2,1H3,(H,22,23). The summed E-state index contributed by atoms with van der Waals surface area (Å²) in [6, 6.07) is 0. The zero-order valence-corrected chi connectivity index (χ0v) is 14.1. The third-order valence-electron chi connectivity index (χ3n) is 9.94. The van der Waals surface area contributed by atoms with E-state index < -0.39 is 5.97 Å². The predicted octanol–water partition coefficient (Wildman–Crippen LogP) is 4.36. The lowest BCUT2D eigenvalue weighted by atomic mass is 9.51. The van der Waals surface area contributed by atoms with E-state index in [1.807, 2.05) is 0 Å². The van der Waals surface area contributed by atoms with Crippen LogP contribution in [-0.4, -0.2) is 11.1 Å². The van der Waals surface area contributed by atoms with Crippen LogP contribution in [0.1, 0.15) is 51.9 Å². The molecule has 23 heavy (non-hydrogen) atoms. The fourth-order valence-corrected chi connectivity index (χ4v) is 9.25. The van der Waals surface area contributed by atoms with Crippen molar-refractivity contribution in [3.63, 3.8) is 0 Å². The zero-order chi connectivity index (χ0) is 15.6. The summed E-state index contributed by atoms with van der Waals surface area (Å²) in [7, 11) is 0. The molecule has 0 aliphatic heterocycles. The molecule has 10 atom stereocenters. The van der Waals surface area contributed by atoms with Gasteiger partial charge in [-0.3, -0.25) is 4.79 Å². The van der Waals surface area contributed by atoms with Gasteiger partial charge >= 0.3 is 5.97 Å². The predicted molar refractivity (Wildman–Crippen MR) is 87.6 cm³/mol. The molecule has 0 radical (unpaired) electrons. The van der Waals surface area contributed by atoms with Crippen LogP contribution in [0.4, 0.5) is 0 Å². The fraction of sp³-hybridized carbons (Fsp3) is 0.857. The highest BCUT2D eigenvalue weighted by atomic mass is 16.4. The van der Waals surface area contributed by atoms with Crippen molar-refractivity contribution in [2.24, 2.45) is 58.2 Å². The molecule has 0 saturated heterocycles. The molecule has 6 aliphatic rings. The number of allylic oxidation sites excluding steroid dienone is 2. The van der Waals surface area contributed by atoms with Gasteiger partial charge in [0.1, 0.15) is 0 Å². The SMILES string of the molecule is CC1(C23C=CC(C2)C(C(=O)O)C3)CC2CC1C1C3CCC(C3)C21. The average Bonchev–Trinajstić information content (AvgIpc) is 3.30. The lowest BCUT2D eigenvalue weighted by Crippen LogP contribution is -2.47. The van der Waals surface area contributed by atoms with Crippen molar-refractivity contribution in [3.05, 3.63) is 12.2 Å². The molecule has 0 amide bonds. The Morgan fingerprint density at radius 2 is 1.83 bits per heavy atom. The molecule has 2 nitrogen and oxygen atoms in total. The monoisotopic (exact) mass is 312 g/mol. The number of carboxylic acids is 1. The molecule has 0 heterocycles. The quantitative estimate of drug-likeness (QED) is 0.607. The first-order valence-corrected chi connectivity index (χ1v) is 9.95. The van der Waals surface area contributed by atoms with E-state index in [1.54, 1.807) is 0 Å². The molecule has 2 heteroatoms. The Morgan fingerprint density at radius 1 is 1.04 bits per heavy atom. The maximum Gasteiger partial charge on any atom is 0.307 e. The topological polar surface area (TPSA) is 37.3 Å². The second kappa shape index (κ2) is 3.89. The van der Waals surface area contributed by atoms with Gasteiger partial charge in [0.15, 0.2) is 0 Å². The summed E-state index contributed by atoms with van der Waals surface area (Å²) in [5.74, 6) is 5.67. The first-order valence-electron chi connectivity index (χ1n) is 9.95. The van der Waals surface area contributed by atoms with Crippen LogP contribution in [0, 0.1) is 58.2 Å². The van der Waals surface area contributed by atoms with Gasteiger partial charge in [0.2, 0.25) is 0 Å². The molecule has 124 valence electrons. The van der Waals surface area contributed by atoms with Crippen molar-refractivity contribution in [1.29, 1.82) is 0 Å². The highest BCUT2D eigenvalue weighted by Crippen LogP contribution is 2.78. The van der Waals surface area contributed by atoms with Crippen molar-refractivity contribution in [3.8, 4) is 0 Å². The number of aliphatic carboxylic acids is 1. The van der Waals surface area contributed by atoms with Gasteiger partial charge < -0.3 is 5.11 Å². The van der Waals surface area contributed by atoms with Gasteiger partial charge in [-0.05, 0) is 97.2 Å². The number of hydrogen-bond donors (Lipinski definition) is 1. The van der Waals surface area contributed by atoms with E-state index in [1.165, 1.54) is 32.1 Å². The molecule has 10 unspecified atom stereocenters. The third kappa shape index (κ3) is 1.35. The minimum absolute atomic E-state index is 0.105. The van der Waals surface area contributed by atoms with Gasteiger partial charge in [0.25, 0.3) is 0 Å². The van der Waals surface area contributed by atoms with Crippen LogP contribution >= 0.6 is 0 Å². The Labute approximate surface area is 138 Å². The highest BCUT2D eigenvalue weighted by Gasteiger charge is 2.71. The van der Waals surface area contributed by atoms with E-state index >= 15 is 0 Å². The normalized spacial score (nSPS) is 64.0. The molecule has 0 aromatic carbocycles. The summed E-state index contributed by atoms with van der Waals surface area (Å²) < 4.78 is 0. The van der Waals surface area contributed by atoms with Crippen LogP contribution in [0.3, 0.4) is 0 Å². The number of fused-ring (bicyclic) bond motifs is 11. The number of hydrogen-bond acceptors (Lipinski definition) is 1. The van der Waals surface area contributed by atoms with Crippen molar-refractivity contribution >= 4 is 5.97 Å². The third-order valence-corrected chi connectivity index (χ3v) is 9.94. The molecule has 0 aromatic rings. The molecule has 5 fully saturated rings. The summed E-state index contributed by atoms with van der Waals surface area (Å²) in [5, 5.41) is 9.61. The van der Waals surface area contributed by atoms with Gasteiger partial charge in [-0.15, -0.1) is 0 Å². The minimum Gasteiger partial charge on any atom is -0.481 e. The van der Waals surface area contributed by atoms with E-state index in [0.717, 1.165) is 48.3 Å².